The summed E-state index contributed by atoms with van der Waals surface area (Å²) in [5.74, 6) is -1.68. The van der Waals surface area contributed by atoms with Crippen LogP contribution in [-0.2, 0) is 14.4 Å². The van der Waals surface area contributed by atoms with Crippen LogP contribution in [0.1, 0.15) is 11.1 Å². The average molecular weight is 465 g/mol. The normalized spacial score (nSPS) is 10.5. The number of para-hydroxylation sites is 1. The standard InChI is InChI=1S/C24H21ClN4O4/c1-16-9-11-18(12-10-16)27-23(31)24(32)29-26-14-17-5-4-6-19(13-17)33-15-22(30)28-21-8-3-2-7-20(21)25/h2-14H,15H2,1H3,(H,27,31)(H,28,30)(H,29,32)/b26-14-. The fourth-order valence-corrected chi connectivity index (χ4v) is 2.81. The average Bonchev–Trinajstić information content (AvgIpc) is 2.81. The molecule has 0 heterocycles. The van der Waals surface area contributed by atoms with Crippen molar-refractivity contribution in [1.29, 1.82) is 0 Å². The quantitative estimate of drug-likeness (QED) is 0.281. The number of hydrazone groups is 1. The molecule has 3 aromatic carbocycles. The maximum atomic E-state index is 12.1. The van der Waals surface area contributed by atoms with Crippen molar-refractivity contribution in [3.8, 4) is 5.75 Å². The van der Waals surface area contributed by atoms with E-state index in [0.717, 1.165) is 5.56 Å². The van der Waals surface area contributed by atoms with Crippen molar-refractivity contribution in [3.05, 3.63) is 88.9 Å². The van der Waals surface area contributed by atoms with Crippen molar-refractivity contribution in [2.45, 2.75) is 6.92 Å². The minimum Gasteiger partial charge on any atom is -0.484 e. The van der Waals surface area contributed by atoms with Crippen LogP contribution in [0.3, 0.4) is 0 Å². The van der Waals surface area contributed by atoms with Crippen LogP contribution in [0, 0.1) is 6.92 Å². The summed E-state index contributed by atoms with van der Waals surface area (Å²) in [5.41, 5.74) is 4.80. The van der Waals surface area contributed by atoms with Crippen LogP contribution < -0.4 is 20.8 Å². The second-order valence-corrected chi connectivity index (χ2v) is 7.32. The van der Waals surface area contributed by atoms with Crippen molar-refractivity contribution in [1.82, 2.24) is 5.43 Å². The highest BCUT2D eigenvalue weighted by Gasteiger charge is 2.12. The Morgan fingerprint density at radius 1 is 0.939 bits per heavy atom. The van der Waals surface area contributed by atoms with Crippen molar-refractivity contribution in [3.63, 3.8) is 0 Å². The van der Waals surface area contributed by atoms with Gasteiger partial charge in [0.1, 0.15) is 5.75 Å². The smallest absolute Gasteiger partial charge is 0.329 e. The number of halogens is 1. The zero-order valence-corrected chi connectivity index (χ0v) is 18.4. The Bertz CT molecular complexity index is 1180. The van der Waals surface area contributed by atoms with Gasteiger partial charge in [0.05, 0.1) is 16.9 Å². The lowest BCUT2D eigenvalue weighted by Crippen LogP contribution is -2.32. The fourth-order valence-electron chi connectivity index (χ4n) is 2.62. The van der Waals surface area contributed by atoms with Gasteiger partial charge in [0.2, 0.25) is 0 Å². The number of benzene rings is 3. The van der Waals surface area contributed by atoms with Gasteiger partial charge in [-0.25, -0.2) is 5.43 Å². The van der Waals surface area contributed by atoms with Crippen LogP contribution in [0.15, 0.2) is 77.9 Å². The number of aryl methyl sites for hydroxylation is 1. The molecule has 33 heavy (non-hydrogen) atoms. The Morgan fingerprint density at radius 2 is 1.70 bits per heavy atom. The molecule has 3 amide bonds. The second-order valence-electron chi connectivity index (χ2n) is 6.91. The first-order chi connectivity index (χ1) is 15.9. The molecule has 0 aliphatic heterocycles. The number of hydrogen-bond donors (Lipinski definition) is 3. The molecule has 8 nitrogen and oxygen atoms in total. The molecule has 0 unspecified atom stereocenters. The predicted molar refractivity (Wildman–Crippen MR) is 128 cm³/mol. The molecule has 0 radical (unpaired) electrons. The van der Waals surface area contributed by atoms with Gasteiger partial charge in [-0.3, -0.25) is 14.4 Å². The molecule has 0 saturated carbocycles. The molecular formula is C24H21ClN4O4. The van der Waals surface area contributed by atoms with Crippen LogP contribution in [0.4, 0.5) is 11.4 Å². The van der Waals surface area contributed by atoms with E-state index in [1.54, 1.807) is 60.7 Å². The summed E-state index contributed by atoms with van der Waals surface area (Å²) in [4.78, 5) is 35.9. The van der Waals surface area contributed by atoms with E-state index in [9.17, 15) is 14.4 Å². The number of carbonyl (C=O) groups is 3. The molecule has 3 rings (SSSR count). The molecular weight excluding hydrogens is 444 g/mol. The van der Waals surface area contributed by atoms with E-state index in [4.69, 9.17) is 16.3 Å². The highest BCUT2D eigenvalue weighted by atomic mass is 35.5. The third-order valence-electron chi connectivity index (χ3n) is 4.27. The number of hydrogen-bond acceptors (Lipinski definition) is 5. The van der Waals surface area contributed by atoms with Crippen molar-refractivity contribution < 1.29 is 19.1 Å². The monoisotopic (exact) mass is 464 g/mol. The summed E-state index contributed by atoms with van der Waals surface area (Å²) in [6.07, 6.45) is 1.35. The molecule has 0 atom stereocenters. The number of anilines is 2. The van der Waals surface area contributed by atoms with E-state index < -0.39 is 11.8 Å². The van der Waals surface area contributed by atoms with Crippen LogP contribution in [-0.4, -0.2) is 30.5 Å². The van der Waals surface area contributed by atoms with Gasteiger partial charge in [0.15, 0.2) is 6.61 Å². The minimum atomic E-state index is -0.907. The summed E-state index contributed by atoms with van der Waals surface area (Å²) < 4.78 is 5.49. The first-order valence-electron chi connectivity index (χ1n) is 9.89. The molecule has 9 heteroatoms. The second kappa shape index (κ2) is 11.4. The van der Waals surface area contributed by atoms with Crippen molar-refractivity contribution in [2.75, 3.05) is 17.2 Å². The topological polar surface area (TPSA) is 109 Å². The highest BCUT2D eigenvalue weighted by molar-refractivity contribution is 6.39. The van der Waals surface area contributed by atoms with E-state index in [1.165, 1.54) is 6.21 Å². The Kier molecular flexibility index (Phi) is 8.15. The fraction of sp³-hybridized carbons (Fsp3) is 0.0833. The Balaban J connectivity index is 1.48. The lowest BCUT2D eigenvalue weighted by Gasteiger charge is -2.09. The first-order valence-corrected chi connectivity index (χ1v) is 10.3. The number of nitrogens with one attached hydrogen (secondary N) is 3. The molecule has 0 spiro atoms. The number of rotatable bonds is 7. The van der Waals surface area contributed by atoms with Crippen molar-refractivity contribution in [2.24, 2.45) is 5.10 Å². The molecule has 3 aromatic rings. The van der Waals surface area contributed by atoms with Crippen LogP contribution in [0.2, 0.25) is 5.02 Å². The molecule has 0 bridgehead atoms. The highest BCUT2D eigenvalue weighted by Crippen LogP contribution is 2.20. The lowest BCUT2D eigenvalue weighted by molar-refractivity contribution is -0.136. The zero-order chi connectivity index (χ0) is 23.6. The maximum absolute atomic E-state index is 12.1. The van der Waals surface area contributed by atoms with Gasteiger partial charge >= 0.3 is 11.8 Å². The van der Waals surface area contributed by atoms with Crippen LogP contribution >= 0.6 is 11.6 Å². The SMILES string of the molecule is Cc1ccc(NC(=O)C(=O)N/N=C\c2cccc(OCC(=O)Nc3ccccc3Cl)c2)cc1. The minimum absolute atomic E-state index is 0.220. The largest absolute Gasteiger partial charge is 0.484 e. The molecule has 0 fully saturated rings. The van der Waals surface area contributed by atoms with Gasteiger partial charge in [0, 0.05) is 5.69 Å². The summed E-state index contributed by atoms with van der Waals surface area (Å²) >= 11 is 6.02. The van der Waals surface area contributed by atoms with E-state index >= 15 is 0 Å². The van der Waals surface area contributed by atoms with Gasteiger partial charge in [0.25, 0.3) is 5.91 Å². The van der Waals surface area contributed by atoms with Gasteiger partial charge in [-0.2, -0.15) is 5.10 Å². The van der Waals surface area contributed by atoms with Crippen LogP contribution in [0.25, 0.3) is 0 Å². The van der Waals surface area contributed by atoms with Gasteiger partial charge < -0.3 is 15.4 Å². The van der Waals surface area contributed by atoms with E-state index in [2.05, 4.69) is 21.2 Å². The molecule has 168 valence electrons. The van der Waals surface area contributed by atoms with Gasteiger partial charge in [-0.15, -0.1) is 0 Å². The molecule has 0 aromatic heterocycles. The third-order valence-corrected chi connectivity index (χ3v) is 4.60. The molecule has 0 aliphatic rings. The van der Waals surface area contributed by atoms with Gasteiger partial charge in [-0.05, 0) is 48.9 Å². The van der Waals surface area contributed by atoms with Crippen molar-refractivity contribution >= 4 is 46.9 Å². The first kappa shape index (κ1) is 23.5. The third kappa shape index (κ3) is 7.48. The molecule has 0 aliphatic carbocycles. The zero-order valence-electron chi connectivity index (χ0n) is 17.7. The summed E-state index contributed by atoms with van der Waals surface area (Å²) in [6, 6.07) is 20.6. The Labute approximate surface area is 195 Å². The van der Waals surface area contributed by atoms with Crippen LogP contribution in [0.5, 0.6) is 5.75 Å². The Morgan fingerprint density at radius 3 is 2.45 bits per heavy atom. The molecule has 3 N–H and O–H groups in total. The molecule has 0 saturated heterocycles. The summed E-state index contributed by atoms with van der Waals surface area (Å²) in [5, 5.41) is 9.36. The van der Waals surface area contributed by atoms with E-state index in [1.807, 2.05) is 19.1 Å². The predicted octanol–water partition coefficient (Wildman–Crippen LogP) is 3.75. The number of ether oxygens (including phenoxy) is 1. The number of nitrogens with zero attached hydrogens (tertiary/aromatic N) is 1. The number of carbonyl (C=O) groups excluding carboxylic acids is 3. The Hall–Kier alpha value is -4.17. The number of amides is 3. The lowest BCUT2D eigenvalue weighted by atomic mass is 10.2. The maximum Gasteiger partial charge on any atom is 0.329 e. The van der Waals surface area contributed by atoms with E-state index in [0.29, 0.717) is 27.7 Å². The van der Waals surface area contributed by atoms with Gasteiger partial charge in [-0.1, -0.05) is 53.6 Å². The summed E-state index contributed by atoms with van der Waals surface area (Å²) in [7, 11) is 0. The summed E-state index contributed by atoms with van der Waals surface area (Å²) in [6.45, 7) is 1.70. The van der Waals surface area contributed by atoms with E-state index in [-0.39, 0.29) is 12.5 Å².